The molecule has 0 spiro atoms. The fourth-order valence-electron chi connectivity index (χ4n) is 2.65. The van der Waals surface area contributed by atoms with Gasteiger partial charge in [0.25, 0.3) is 11.5 Å². The van der Waals surface area contributed by atoms with E-state index in [2.05, 4.69) is 9.88 Å². The Morgan fingerprint density at radius 3 is 2.76 bits per heavy atom. The smallest absolute Gasteiger partial charge is 0.267 e. The molecule has 0 atom stereocenters. The molecule has 0 unspecified atom stereocenters. The van der Waals surface area contributed by atoms with E-state index in [0.29, 0.717) is 31.3 Å². The van der Waals surface area contributed by atoms with Gasteiger partial charge in [-0.15, -0.1) is 0 Å². The number of carbonyl (C=O) groups excluding carboxylic acids is 1. The van der Waals surface area contributed by atoms with Gasteiger partial charge in [-0.2, -0.15) is 0 Å². The highest BCUT2D eigenvalue weighted by molar-refractivity contribution is 7.99. The third-order valence-corrected chi connectivity index (χ3v) is 4.83. The molecule has 0 aromatic carbocycles. The molecule has 1 aromatic heterocycles. The van der Waals surface area contributed by atoms with Gasteiger partial charge in [0.2, 0.25) is 0 Å². The molecule has 8 heteroatoms. The number of β-amino-alcohol motifs (C(OH)–C–C–N with tert-alkyl or cyclic N) is 1. The number of carbonyl (C=O) groups is 1. The summed E-state index contributed by atoms with van der Waals surface area (Å²) in [6.07, 6.45) is 1.41. The molecule has 114 valence electrons. The van der Waals surface area contributed by atoms with E-state index < -0.39 is 0 Å². The van der Waals surface area contributed by atoms with Crippen molar-refractivity contribution in [3.05, 3.63) is 22.1 Å². The maximum absolute atomic E-state index is 12.5. The van der Waals surface area contributed by atoms with Crippen molar-refractivity contribution in [1.29, 1.82) is 0 Å². The van der Waals surface area contributed by atoms with Gasteiger partial charge in [-0.3, -0.25) is 19.1 Å². The molecule has 7 nitrogen and oxygen atoms in total. The molecule has 3 heterocycles. The molecule has 1 amide bonds. The van der Waals surface area contributed by atoms with Gasteiger partial charge in [0.15, 0.2) is 5.16 Å². The van der Waals surface area contributed by atoms with E-state index in [1.165, 1.54) is 6.20 Å². The lowest BCUT2D eigenvalue weighted by molar-refractivity contribution is 0.0612. The number of amides is 1. The topological polar surface area (TPSA) is 78.7 Å². The molecular weight excluding hydrogens is 292 g/mol. The highest BCUT2D eigenvalue weighted by Crippen LogP contribution is 2.20. The van der Waals surface area contributed by atoms with Gasteiger partial charge in [0.1, 0.15) is 5.56 Å². The number of fused-ring (bicyclic) bond motifs is 1. The van der Waals surface area contributed by atoms with E-state index in [1.54, 1.807) is 21.2 Å². The first-order valence-electron chi connectivity index (χ1n) is 7.06. The van der Waals surface area contributed by atoms with Crippen LogP contribution in [0.1, 0.15) is 10.4 Å². The van der Waals surface area contributed by atoms with E-state index in [1.807, 2.05) is 0 Å². The second-order valence-electron chi connectivity index (χ2n) is 5.12. The number of nitrogens with zero attached hydrogens (tertiary/aromatic N) is 4. The van der Waals surface area contributed by atoms with Crippen LogP contribution in [0.4, 0.5) is 0 Å². The Bertz CT molecular complexity index is 596. The number of aliphatic hydroxyl groups is 1. The molecule has 1 saturated heterocycles. The molecule has 3 rings (SSSR count). The first kappa shape index (κ1) is 14.6. The van der Waals surface area contributed by atoms with E-state index in [4.69, 9.17) is 5.11 Å². The molecule has 0 radical (unpaired) electrons. The number of piperazine rings is 1. The molecule has 1 N–H and O–H groups in total. The lowest BCUT2D eigenvalue weighted by Crippen LogP contribution is -2.50. The van der Waals surface area contributed by atoms with Crippen molar-refractivity contribution >= 4 is 17.7 Å². The van der Waals surface area contributed by atoms with Crippen LogP contribution in [0.3, 0.4) is 0 Å². The lowest BCUT2D eigenvalue weighted by atomic mass is 10.2. The highest BCUT2D eigenvalue weighted by Gasteiger charge is 2.26. The molecule has 2 aliphatic heterocycles. The average Bonchev–Trinajstić information content (AvgIpc) is 2.98. The summed E-state index contributed by atoms with van der Waals surface area (Å²) >= 11 is 1.54. The predicted molar refractivity (Wildman–Crippen MR) is 78.7 cm³/mol. The third-order valence-electron chi connectivity index (χ3n) is 3.86. The molecule has 0 aliphatic carbocycles. The SMILES string of the molecule is O=C(c1cnc2n(c1=O)CCS2)N1CCN(CCO)CC1. The minimum atomic E-state index is -0.233. The van der Waals surface area contributed by atoms with Crippen molar-refractivity contribution < 1.29 is 9.90 Å². The van der Waals surface area contributed by atoms with Crippen LogP contribution < -0.4 is 5.56 Å². The van der Waals surface area contributed by atoms with Gasteiger partial charge in [-0.05, 0) is 0 Å². The van der Waals surface area contributed by atoms with E-state index in [9.17, 15) is 9.59 Å². The van der Waals surface area contributed by atoms with E-state index >= 15 is 0 Å². The largest absolute Gasteiger partial charge is 0.395 e. The monoisotopic (exact) mass is 310 g/mol. The fourth-order valence-corrected chi connectivity index (χ4v) is 3.56. The number of hydrogen-bond acceptors (Lipinski definition) is 6. The van der Waals surface area contributed by atoms with Crippen molar-refractivity contribution in [3.63, 3.8) is 0 Å². The second-order valence-corrected chi connectivity index (χ2v) is 6.18. The summed E-state index contributed by atoms with van der Waals surface area (Å²) in [4.78, 5) is 32.8. The maximum Gasteiger partial charge on any atom is 0.267 e. The number of thioether (sulfide) groups is 1. The van der Waals surface area contributed by atoms with Crippen molar-refractivity contribution in [2.24, 2.45) is 0 Å². The van der Waals surface area contributed by atoms with Crippen LogP contribution >= 0.6 is 11.8 Å². The summed E-state index contributed by atoms with van der Waals surface area (Å²) in [5.41, 5.74) is -0.0651. The summed E-state index contributed by atoms with van der Waals surface area (Å²) in [5.74, 6) is 0.600. The summed E-state index contributed by atoms with van der Waals surface area (Å²) in [6, 6.07) is 0. The molecule has 21 heavy (non-hydrogen) atoms. The van der Waals surface area contributed by atoms with Crippen LogP contribution in [-0.2, 0) is 6.54 Å². The first-order chi connectivity index (χ1) is 10.2. The van der Waals surface area contributed by atoms with Gasteiger partial charge in [-0.25, -0.2) is 4.98 Å². The van der Waals surface area contributed by atoms with Crippen molar-refractivity contribution in [2.45, 2.75) is 11.7 Å². The van der Waals surface area contributed by atoms with Crippen LogP contribution in [-0.4, -0.2) is 75.4 Å². The number of aromatic nitrogens is 2. The molecule has 0 bridgehead atoms. The van der Waals surface area contributed by atoms with Gasteiger partial charge in [0.05, 0.1) is 6.61 Å². The zero-order valence-corrected chi connectivity index (χ0v) is 12.5. The number of rotatable bonds is 3. The Morgan fingerprint density at radius 1 is 1.29 bits per heavy atom. The Kier molecular flexibility index (Phi) is 4.27. The fraction of sp³-hybridized carbons (Fsp3) is 0.615. The maximum atomic E-state index is 12.5. The van der Waals surface area contributed by atoms with E-state index in [0.717, 1.165) is 18.8 Å². The normalized spacial score (nSPS) is 18.8. The van der Waals surface area contributed by atoms with Crippen molar-refractivity contribution in [2.75, 3.05) is 45.1 Å². The summed E-state index contributed by atoms with van der Waals surface area (Å²) in [5, 5.41) is 9.62. The van der Waals surface area contributed by atoms with Gasteiger partial charge < -0.3 is 10.0 Å². The van der Waals surface area contributed by atoms with Crippen LogP contribution in [0.5, 0.6) is 0 Å². The van der Waals surface area contributed by atoms with Crippen molar-refractivity contribution in [1.82, 2.24) is 19.4 Å². The molecule has 1 aromatic rings. The minimum absolute atomic E-state index is 0.127. The molecule has 2 aliphatic rings. The highest BCUT2D eigenvalue weighted by atomic mass is 32.2. The van der Waals surface area contributed by atoms with Crippen LogP contribution in [0.2, 0.25) is 0 Å². The van der Waals surface area contributed by atoms with Crippen LogP contribution in [0.25, 0.3) is 0 Å². The second kappa shape index (κ2) is 6.17. The summed E-state index contributed by atoms with van der Waals surface area (Å²) < 4.78 is 1.58. The van der Waals surface area contributed by atoms with Crippen LogP contribution in [0.15, 0.2) is 16.1 Å². The number of hydrogen-bond donors (Lipinski definition) is 1. The predicted octanol–water partition coefficient (Wildman–Crippen LogP) is -0.901. The Balaban J connectivity index is 1.73. The zero-order valence-electron chi connectivity index (χ0n) is 11.7. The van der Waals surface area contributed by atoms with Gasteiger partial charge >= 0.3 is 0 Å². The first-order valence-corrected chi connectivity index (χ1v) is 8.04. The molecular formula is C13H18N4O3S. The Labute approximate surface area is 126 Å². The zero-order chi connectivity index (χ0) is 14.8. The summed E-state index contributed by atoms with van der Waals surface area (Å²) in [6.45, 7) is 3.98. The number of aliphatic hydroxyl groups excluding tert-OH is 1. The minimum Gasteiger partial charge on any atom is -0.395 e. The van der Waals surface area contributed by atoms with Crippen molar-refractivity contribution in [3.8, 4) is 0 Å². The van der Waals surface area contributed by atoms with E-state index in [-0.39, 0.29) is 23.6 Å². The quantitative estimate of drug-likeness (QED) is 0.729. The lowest BCUT2D eigenvalue weighted by Gasteiger charge is -2.34. The third kappa shape index (κ3) is 2.83. The van der Waals surface area contributed by atoms with Crippen LogP contribution in [0, 0.1) is 0 Å². The van der Waals surface area contributed by atoms with Gasteiger partial charge in [-0.1, -0.05) is 11.8 Å². The molecule has 1 fully saturated rings. The van der Waals surface area contributed by atoms with Gasteiger partial charge in [0, 0.05) is 51.2 Å². The summed E-state index contributed by atoms with van der Waals surface area (Å²) in [7, 11) is 0. The Morgan fingerprint density at radius 2 is 2.05 bits per heavy atom. The Hall–Kier alpha value is -1.38. The average molecular weight is 310 g/mol. The molecule has 0 saturated carbocycles. The standard InChI is InChI=1S/C13H18N4O3S/c18-7-5-15-1-3-16(4-2-15)11(19)10-9-14-13-17(12(10)20)6-8-21-13/h9,18H,1-8H2.